The topological polar surface area (TPSA) is 93.8 Å². The van der Waals surface area contributed by atoms with Crippen molar-refractivity contribution in [2.75, 3.05) is 25.7 Å². The van der Waals surface area contributed by atoms with Gasteiger partial charge in [0.15, 0.2) is 9.84 Å². The number of sulfone groups is 1. The molecule has 8 heteroatoms. The zero-order chi connectivity index (χ0) is 18.6. The van der Waals surface area contributed by atoms with Crippen molar-refractivity contribution in [3.63, 3.8) is 0 Å². The minimum atomic E-state index is -3.50. The summed E-state index contributed by atoms with van der Waals surface area (Å²) in [6.07, 6.45) is 1.03. The molecule has 0 aromatic heterocycles. The number of nitrogens with zero attached hydrogens (tertiary/aromatic N) is 1. The highest BCUT2D eigenvalue weighted by Gasteiger charge is 2.18. The zero-order valence-electron chi connectivity index (χ0n) is 14.4. The van der Waals surface area contributed by atoms with Crippen molar-refractivity contribution in [3.8, 4) is 0 Å². The van der Waals surface area contributed by atoms with Gasteiger partial charge < -0.3 is 10.2 Å². The van der Waals surface area contributed by atoms with Crippen molar-refractivity contribution in [1.29, 1.82) is 0 Å². The van der Waals surface area contributed by atoms with Crippen LogP contribution in [0.5, 0.6) is 0 Å². The molecule has 0 amide bonds. The van der Waals surface area contributed by atoms with Gasteiger partial charge in [-0.25, -0.2) is 8.42 Å². The summed E-state index contributed by atoms with van der Waals surface area (Å²) < 4.78 is 23.2. The number of rotatable bonds is 7. The van der Waals surface area contributed by atoms with Crippen LogP contribution in [-0.4, -0.2) is 33.7 Å². The molecule has 0 spiro atoms. The Hall–Kier alpha value is -2.45. The number of nitro benzene ring substituents is 1. The van der Waals surface area contributed by atoms with E-state index in [9.17, 15) is 18.5 Å². The van der Waals surface area contributed by atoms with E-state index in [1.165, 1.54) is 17.0 Å². The highest BCUT2D eigenvalue weighted by Crippen LogP contribution is 2.28. The van der Waals surface area contributed by atoms with E-state index >= 15 is 0 Å². The number of quaternary nitrogens is 1. The molecule has 0 aliphatic heterocycles. The van der Waals surface area contributed by atoms with Crippen molar-refractivity contribution < 1.29 is 18.2 Å². The fourth-order valence-corrected chi connectivity index (χ4v) is 3.16. The molecule has 0 atom stereocenters. The Labute approximate surface area is 147 Å². The van der Waals surface area contributed by atoms with Gasteiger partial charge in [0.25, 0.3) is 5.69 Å². The normalized spacial score (nSPS) is 11.5. The third-order valence-corrected chi connectivity index (χ3v) is 4.84. The van der Waals surface area contributed by atoms with Gasteiger partial charge in [0, 0.05) is 24.4 Å². The van der Waals surface area contributed by atoms with Crippen LogP contribution in [0.4, 0.5) is 11.4 Å². The van der Waals surface area contributed by atoms with Gasteiger partial charge in [0.1, 0.15) is 12.2 Å². The summed E-state index contributed by atoms with van der Waals surface area (Å²) in [5.41, 5.74) is 2.25. The van der Waals surface area contributed by atoms with Crippen molar-refractivity contribution in [3.05, 3.63) is 63.7 Å². The Morgan fingerprint density at radius 2 is 1.76 bits per heavy atom. The summed E-state index contributed by atoms with van der Waals surface area (Å²) in [4.78, 5) is 11.9. The summed E-state index contributed by atoms with van der Waals surface area (Å²) in [6, 6.07) is 11.8. The number of hydrogen-bond donors (Lipinski definition) is 2. The van der Waals surface area contributed by atoms with E-state index in [2.05, 4.69) is 19.4 Å². The largest absolute Gasteiger partial charge is 0.375 e. The minimum Gasteiger partial charge on any atom is -0.375 e. The van der Waals surface area contributed by atoms with Crippen LogP contribution < -0.4 is 10.2 Å². The van der Waals surface area contributed by atoms with Crippen LogP contribution in [0.1, 0.15) is 11.1 Å². The van der Waals surface area contributed by atoms with Crippen LogP contribution in [0, 0.1) is 10.1 Å². The quantitative estimate of drug-likeness (QED) is 0.570. The van der Waals surface area contributed by atoms with E-state index < -0.39 is 14.8 Å². The Morgan fingerprint density at radius 1 is 1.12 bits per heavy atom. The van der Waals surface area contributed by atoms with Gasteiger partial charge in [-0.15, -0.1) is 0 Å². The summed E-state index contributed by atoms with van der Waals surface area (Å²) in [5.74, 6) is 0. The summed E-state index contributed by atoms with van der Waals surface area (Å²) in [7, 11) is 0.611. The number of hydrogen-bond acceptors (Lipinski definition) is 5. The Bertz CT molecular complexity index is 879. The lowest BCUT2D eigenvalue weighted by Crippen LogP contribution is -3.04. The van der Waals surface area contributed by atoms with Gasteiger partial charge in [-0.05, 0) is 17.7 Å². The second-order valence-electron chi connectivity index (χ2n) is 6.21. The molecule has 7 nitrogen and oxygen atoms in total. The predicted octanol–water partition coefficient (Wildman–Crippen LogP) is 1.25. The molecule has 0 heterocycles. The lowest BCUT2D eigenvalue weighted by atomic mass is 10.1. The molecule has 0 radical (unpaired) electrons. The average molecular weight is 364 g/mol. The molecule has 2 aromatic rings. The average Bonchev–Trinajstić information content (AvgIpc) is 2.52. The van der Waals surface area contributed by atoms with Gasteiger partial charge >= 0.3 is 0 Å². The van der Waals surface area contributed by atoms with Crippen LogP contribution in [-0.2, 0) is 22.9 Å². The Balaban J connectivity index is 2.28. The van der Waals surface area contributed by atoms with E-state index in [0.717, 1.165) is 30.0 Å². The van der Waals surface area contributed by atoms with Crippen LogP contribution in [0.2, 0.25) is 0 Å². The third kappa shape index (κ3) is 5.01. The molecular weight excluding hydrogens is 342 g/mol. The summed E-state index contributed by atoms with van der Waals surface area (Å²) in [5, 5.41) is 14.3. The monoisotopic (exact) mass is 364 g/mol. The lowest BCUT2D eigenvalue weighted by Gasteiger charge is -2.13. The highest BCUT2D eigenvalue weighted by molar-refractivity contribution is 7.90. The maximum atomic E-state index is 11.6. The zero-order valence-corrected chi connectivity index (χ0v) is 15.3. The SMILES string of the molecule is C[NH+](C)Cc1ccccc1CNc1ccc(S(C)(=O)=O)cc1[N+](=O)[O-]. The van der Waals surface area contributed by atoms with Crippen LogP contribution in [0.15, 0.2) is 47.4 Å². The second-order valence-corrected chi connectivity index (χ2v) is 8.23. The molecule has 25 heavy (non-hydrogen) atoms. The molecule has 2 rings (SSSR count). The predicted molar refractivity (Wildman–Crippen MR) is 96.5 cm³/mol. The molecule has 134 valence electrons. The number of nitrogens with one attached hydrogen (secondary N) is 2. The van der Waals surface area contributed by atoms with Crippen LogP contribution >= 0.6 is 0 Å². The van der Waals surface area contributed by atoms with E-state index in [1.54, 1.807) is 0 Å². The maximum absolute atomic E-state index is 11.6. The highest BCUT2D eigenvalue weighted by atomic mass is 32.2. The van der Waals surface area contributed by atoms with Gasteiger partial charge in [0.2, 0.25) is 0 Å². The minimum absolute atomic E-state index is 0.0682. The van der Waals surface area contributed by atoms with E-state index in [-0.39, 0.29) is 10.6 Å². The third-order valence-electron chi connectivity index (χ3n) is 3.73. The van der Waals surface area contributed by atoms with E-state index in [0.29, 0.717) is 12.2 Å². The Kier molecular flexibility index (Phi) is 5.76. The van der Waals surface area contributed by atoms with Gasteiger partial charge in [-0.1, -0.05) is 24.3 Å². The van der Waals surface area contributed by atoms with Gasteiger partial charge in [-0.3, -0.25) is 10.1 Å². The molecule has 0 aliphatic rings. The first kappa shape index (κ1) is 18.9. The molecule has 0 saturated carbocycles. The van der Waals surface area contributed by atoms with Crippen LogP contribution in [0.25, 0.3) is 0 Å². The first-order valence-electron chi connectivity index (χ1n) is 7.76. The van der Waals surface area contributed by atoms with Crippen LogP contribution in [0.3, 0.4) is 0 Å². The second kappa shape index (κ2) is 7.62. The van der Waals surface area contributed by atoms with Crippen molar-refractivity contribution in [2.45, 2.75) is 18.0 Å². The molecule has 0 unspecified atom stereocenters. The van der Waals surface area contributed by atoms with Gasteiger partial charge in [0.05, 0.1) is 23.9 Å². The standard InChI is InChI=1S/C17H21N3O4S/c1-19(2)12-14-7-5-4-6-13(14)11-18-16-9-8-15(25(3,23)24)10-17(16)20(21)22/h4-10,18H,11-12H2,1-3H3/p+1. The summed E-state index contributed by atoms with van der Waals surface area (Å²) in [6.45, 7) is 1.26. The number of anilines is 1. The molecule has 0 saturated heterocycles. The Morgan fingerprint density at radius 3 is 2.32 bits per heavy atom. The van der Waals surface area contributed by atoms with Crippen molar-refractivity contribution in [2.24, 2.45) is 0 Å². The van der Waals surface area contributed by atoms with E-state index in [1.807, 2.05) is 24.3 Å². The van der Waals surface area contributed by atoms with E-state index in [4.69, 9.17) is 0 Å². The molecule has 0 bridgehead atoms. The first-order valence-corrected chi connectivity index (χ1v) is 9.66. The molecule has 2 N–H and O–H groups in total. The fraction of sp³-hybridized carbons (Fsp3) is 0.294. The lowest BCUT2D eigenvalue weighted by molar-refractivity contribution is -0.872. The number of benzene rings is 2. The van der Waals surface area contributed by atoms with Crippen molar-refractivity contribution >= 4 is 21.2 Å². The molecule has 0 aliphatic carbocycles. The number of nitro groups is 1. The smallest absolute Gasteiger partial charge is 0.293 e. The van der Waals surface area contributed by atoms with Crippen molar-refractivity contribution in [1.82, 2.24) is 0 Å². The molecule has 0 fully saturated rings. The van der Waals surface area contributed by atoms with Gasteiger partial charge in [-0.2, -0.15) is 0 Å². The first-order chi connectivity index (χ1) is 11.7. The maximum Gasteiger partial charge on any atom is 0.293 e. The summed E-state index contributed by atoms with van der Waals surface area (Å²) >= 11 is 0. The molecule has 2 aromatic carbocycles. The molecular formula is C17H22N3O4S+. The fourth-order valence-electron chi connectivity index (χ4n) is 2.52.